The van der Waals surface area contributed by atoms with Crippen LogP contribution in [0, 0.1) is 0 Å². The van der Waals surface area contributed by atoms with Gasteiger partial charge in [0.25, 0.3) is 0 Å². The molecule has 3 amide bonds. The normalized spacial score (nSPS) is 20.5. The van der Waals surface area contributed by atoms with Crippen LogP contribution in [0.4, 0.5) is 15.3 Å². The molecule has 9 heteroatoms. The van der Waals surface area contributed by atoms with Crippen LogP contribution in [0.5, 0.6) is 0 Å². The summed E-state index contributed by atoms with van der Waals surface area (Å²) in [5, 5.41) is 14.7. The van der Waals surface area contributed by atoms with Crippen molar-refractivity contribution >= 4 is 36.2 Å². The average molecular weight is 546 g/mol. The molecule has 3 rings (SSSR count). The van der Waals surface area contributed by atoms with Gasteiger partial charge in [-0.05, 0) is 69.9 Å². The molecule has 8 nitrogen and oxygen atoms in total. The van der Waals surface area contributed by atoms with E-state index in [2.05, 4.69) is 5.32 Å². The molecule has 1 aliphatic rings. The van der Waals surface area contributed by atoms with Crippen LogP contribution in [-0.2, 0) is 16.0 Å². The van der Waals surface area contributed by atoms with Crippen LogP contribution in [0.15, 0.2) is 42.5 Å². The average Bonchev–Trinajstić information content (AvgIpc) is 2.81. The van der Waals surface area contributed by atoms with E-state index in [-0.39, 0.29) is 34.9 Å². The van der Waals surface area contributed by atoms with Crippen LogP contribution < -0.4 is 14.9 Å². The number of amides is 3. The molecule has 0 bridgehead atoms. The number of rotatable bonds is 6. The van der Waals surface area contributed by atoms with Crippen LogP contribution in [0.3, 0.4) is 0 Å². The van der Waals surface area contributed by atoms with E-state index in [0.717, 1.165) is 27.9 Å². The SMILES string of the molecule is CCN(C(=O)[O-])[C@@H]1C[C@H](C)[N+](C)(C(C)=O)c2ccc(-c3ccc(CCNC(=O)OC(C)(C)C)cc3)cc21.Cl. The first-order valence-corrected chi connectivity index (χ1v) is 12.8. The predicted octanol–water partition coefficient (Wildman–Crippen LogP) is 4.82. The van der Waals surface area contributed by atoms with Crippen LogP contribution in [0.1, 0.15) is 65.1 Å². The third-order valence-electron chi connectivity index (χ3n) is 7.31. The van der Waals surface area contributed by atoms with Gasteiger partial charge in [0.15, 0.2) is 0 Å². The fourth-order valence-corrected chi connectivity index (χ4v) is 5.06. The Balaban J connectivity index is 0.00000507. The highest BCUT2D eigenvalue weighted by Gasteiger charge is 2.47. The lowest BCUT2D eigenvalue weighted by Gasteiger charge is -2.47. The number of nitrogens with one attached hydrogen (secondary N) is 1. The van der Waals surface area contributed by atoms with Crippen molar-refractivity contribution < 1.29 is 24.2 Å². The molecule has 0 spiro atoms. The van der Waals surface area contributed by atoms with Crippen LogP contribution in [0.2, 0.25) is 0 Å². The Morgan fingerprint density at radius 3 is 2.24 bits per heavy atom. The fourth-order valence-electron chi connectivity index (χ4n) is 5.06. The lowest BCUT2D eigenvalue weighted by molar-refractivity contribution is -0.268. The first-order chi connectivity index (χ1) is 17.3. The highest BCUT2D eigenvalue weighted by Crippen LogP contribution is 2.45. The van der Waals surface area contributed by atoms with E-state index in [1.165, 1.54) is 4.90 Å². The van der Waals surface area contributed by atoms with Gasteiger partial charge in [0, 0.05) is 31.1 Å². The summed E-state index contributed by atoms with van der Waals surface area (Å²) in [6.45, 7) is 11.6. The Kier molecular flexibility index (Phi) is 9.97. The van der Waals surface area contributed by atoms with Gasteiger partial charge >= 0.3 is 12.0 Å². The smallest absolute Gasteiger partial charge is 0.407 e. The number of hydrogen-bond donors (Lipinski definition) is 1. The van der Waals surface area contributed by atoms with Gasteiger partial charge in [-0.15, -0.1) is 12.4 Å². The number of alkyl carbamates (subject to hydrolysis) is 1. The second-order valence-electron chi connectivity index (χ2n) is 10.9. The third-order valence-corrected chi connectivity index (χ3v) is 7.31. The van der Waals surface area contributed by atoms with Gasteiger partial charge in [-0.25, -0.2) is 14.1 Å². The molecule has 1 unspecified atom stereocenters. The van der Waals surface area contributed by atoms with Gasteiger partial charge in [0.05, 0.1) is 26.1 Å². The van der Waals surface area contributed by atoms with Gasteiger partial charge in [-0.2, -0.15) is 0 Å². The maximum atomic E-state index is 12.8. The predicted molar refractivity (Wildman–Crippen MR) is 150 cm³/mol. The van der Waals surface area contributed by atoms with Crippen LogP contribution >= 0.6 is 12.4 Å². The molecule has 0 saturated heterocycles. The zero-order chi connectivity index (χ0) is 27.5. The summed E-state index contributed by atoms with van der Waals surface area (Å²) >= 11 is 0. The molecule has 208 valence electrons. The van der Waals surface area contributed by atoms with Crippen molar-refractivity contribution in [3.8, 4) is 11.1 Å². The highest BCUT2D eigenvalue weighted by molar-refractivity contribution is 5.89. The Bertz CT molecular complexity index is 1160. The second-order valence-corrected chi connectivity index (χ2v) is 10.9. The quantitative estimate of drug-likeness (QED) is 0.524. The maximum absolute atomic E-state index is 12.8. The van der Waals surface area contributed by atoms with E-state index < -0.39 is 17.8 Å². The van der Waals surface area contributed by atoms with E-state index in [9.17, 15) is 19.5 Å². The number of halogens is 1. The zero-order valence-corrected chi connectivity index (χ0v) is 24.2. The number of nitrogens with zero attached hydrogens (tertiary/aromatic N) is 2. The minimum absolute atomic E-state index is 0. The number of ether oxygens (including phenoxy) is 1. The third kappa shape index (κ3) is 6.66. The van der Waals surface area contributed by atoms with Crippen LogP contribution in [0.25, 0.3) is 11.1 Å². The molecule has 0 saturated carbocycles. The summed E-state index contributed by atoms with van der Waals surface area (Å²) in [5.41, 5.74) is 4.13. The number of carbonyl (C=O) groups excluding carboxylic acids is 3. The number of carboxylic acid groups (broad SMARTS) is 1. The monoisotopic (exact) mass is 545 g/mol. The lowest BCUT2D eigenvalue weighted by atomic mass is 9.86. The molecule has 0 fully saturated rings. The van der Waals surface area contributed by atoms with Gasteiger partial charge in [0.1, 0.15) is 17.4 Å². The standard InChI is InChI=1S/C29H39N3O5.ClH/c1-8-31(28(35)36)25-17-19(2)32(7,20(3)33)26-14-13-23(18-24(25)26)22-11-9-21(10-12-22)15-16-30-27(34)37-29(4,5)6;/h9-14,18-19,25H,8,15-17H2,1-7H3,(H-,30,34,35,36);1H/t19-,25+,32?;/m0./s1. The topological polar surface area (TPSA) is 98.8 Å². The molecular weight excluding hydrogens is 506 g/mol. The molecule has 38 heavy (non-hydrogen) atoms. The summed E-state index contributed by atoms with van der Waals surface area (Å²) in [6.07, 6.45) is -0.456. The van der Waals surface area contributed by atoms with Gasteiger partial charge < -0.3 is 24.9 Å². The molecule has 1 heterocycles. The molecule has 2 aromatic rings. The zero-order valence-electron chi connectivity index (χ0n) is 23.4. The molecule has 2 aromatic carbocycles. The lowest BCUT2D eigenvalue weighted by Crippen LogP contribution is -2.60. The van der Waals surface area contributed by atoms with Crippen molar-refractivity contribution in [2.24, 2.45) is 0 Å². The molecule has 1 aliphatic heterocycles. The maximum Gasteiger partial charge on any atom is 0.407 e. The minimum atomic E-state index is -1.21. The van der Waals surface area contributed by atoms with E-state index in [0.29, 0.717) is 25.9 Å². The number of hydrogen-bond acceptors (Lipinski definition) is 5. The summed E-state index contributed by atoms with van der Waals surface area (Å²) in [7, 11) is 1.90. The first-order valence-electron chi connectivity index (χ1n) is 12.8. The van der Waals surface area contributed by atoms with Crippen molar-refractivity contribution in [1.29, 1.82) is 0 Å². The first kappa shape index (κ1) is 31.1. The molecular formula is C29H40ClN3O5. The Hall–Kier alpha value is -3.10. The van der Waals surface area contributed by atoms with Crippen molar-refractivity contribution in [3.63, 3.8) is 0 Å². The Morgan fingerprint density at radius 1 is 1.11 bits per heavy atom. The van der Waals surface area contributed by atoms with Crippen molar-refractivity contribution in [2.75, 3.05) is 20.1 Å². The summed E-state index contributed by atoms with van der Waals surface area (Å²) in [6, 6.07) is 13.5. The van der Waals surface area contributed by atoms with Crippen LogP contribution in [-0.4, -0.2) is 54.8 Å². The largest absolute Gasteiger partial charge is 0.530 e. The molecule has 0 aliphatic carbocycles. The molecule has 3 atom stereocenters. The summed E-state index contributed by atoms with van der Waals surface area (Å²) in [4.78, 5) is 37.9. The van der Waals surface area contributed by atoms with E-state index in [1.807, 2.05) is 77.2 Å². The van der Waals surface area contributed by atoms with E-state index in [4.69, 9.17) is 4.74 Å². The second kappa shape index (κ2) is 12.2. The Morgan fingerprint density at radius 2 is 1.71 bits per heavy atom. The van der Waals surface area contributed by atoms with Crippen molar-refractivity contribution in [1.82, 2.24) is 14.7 Å². The number of benzene rings is 2. The molecule has 1 N–H and O–H groups in total. The Labute approximate surface area is 232 Å². The van der Waals surface area contributed by atoms with Gasteiger partial charge in [-0.3, -0.25) is 0 Å². The van der Waals surface area contributed by atoms with Crippen molar-refractivity contribution in [3.05, 3.63) is 53.6 Å². The summed E-state index contributed by atoms with van der Waals surface area (Å²) < 4.78 is 5.39. The van der Waals surface area contributed by atoms with E-state index >= 15 is 0 Å². The minimum Gasteiger partial charge on any atom is -0.530 e. The number of carbonyl (C=O) groups is 3. The van der Waals surface area contributed by atoms with Gasteiger partial charge in [-0.1, -0.05) is 24.3 Å². The van der Waals surface area contributed by atoms with Crippen molar-refractivity contribution in [2.45, 2.75) is 72.1 Å². The summed E-state index contributed by atoms with van der Waals surface area (Å²) in [5.74, 6) is 0.0146. The number of fused-ring (bicyclic) bond motifs is 1. The fraction of sp³-hybridized carbons (Fsp3) is 0.483. The highest BCUT2D eigenvalue weighted by atomic mass is 35.5. The number of quaternary nitrogens is 1. The molecule has 0 aromatic heterocycles. The van der Waals surface area contributed by atoms with E-state index in [1.54, 1.807) is 13.8 Å². The molecule has 0 radical (unpaired) electrons. The van der Waals surface area contributed by atoms with Gasteiger partial charge in [0.2, 0.25) is 0 Å².